The molecule has 5 nitrogen and oxygen atoms in total. The molecule has 1 saturated heterocycles. The molecule has 0 aromatic heterocycles. The molecular weight excluding hydrogens is 388 g/mol. The molecule has 1 aliphatic rings. The van der Waals surface area contributed by atoms with Crippen LogP contribution in [0.4, 0.5) is 17.6 Å². The molecule has 0 saturated carbocycles. The topological polar surface area (TPSA) is 48.9 Å². The smallest absolute Gasteiger partial charge is 0.375 e. The lowest BCUT2D eigenvalue weighted by atomic mass is 9.93. The fourth-order valence-electron chi connectivity index (χ4n) is 3.51. The van der Waals surface area contributed by atoms with E-state index < -0.39 is 12.7 Å². The number of alkyl halides is 3. The molecule has 1 atom stereocenters. The number of guanidine groups is 1. The summed E-state index contributed by atoms with van der Waals surface area (Å²) in [6.07, 6.45) is -1.93. The lowest BCUT2D eigenvalue weighted by Crippen LogP contribution is -2.42. The van der Waals surface area contributed by atoms with Crippen molar-refractivity contribution in [3.63, 3.8) is 0 Å². The number of nitrogens with zero attached hydrogens (tertiary/aromatic N) is 2. The van der Waals surface area contributed by atoms with E-state index in [1.807, 2.05) is 0 Å². The molecule has 0 amide bonds. The SMILES string of the molecule is CN=C(NCCC1CCN(CC(F)(F)F)CC1)NCC(OC)c1ccc(F)cc1. The Kier molecular flexibility index (Phi) is 9.16. The van der Waals surface area contributed by atoms with Crippen LogP contribution in [-0.2, 0) is 4.74 Å². The molecule has 1 fully saturated rings. The predicted molar refractivity (Wildman–Crippen MR) is 105 cm³/mol. The minimum absolute atomic E-state index is 0.243. The standard InChI is InChI=1S/C20H30F4N4O/c1-25-19(27-13-18(29-2)16-3-5-17(21)6-4-16)26-10-7-15-8-11-28(12-9-15)14-20(22,23)24/h3-6,15,18H,7-14H2,1-2H3,(H2,25,26,27). The van der Waals surface area contributed by atoms with Crippen LogP contribution in [0.5, 0.6) is 0 Å². The van der Waals surface area contributed by atoms with Crippen LogP contribution in [0.2, 0.25) is 0 Å². The van der Waals surface area contributed by atoms with Crippen LogP contribution in [0.3, 0.4) is 0 Å². The van der Waals surface area contributed by atoms with E-state index in [1.165, 1.54) is 17.0 Å². The number of rotatable bonds is 8. The summed E-state index contributed by atoms with van der Waals surface area (Å²) in [5.74, 6) is 0.748. The molecule has 1 aromatic rings. The molecule has 29 heavy (non-hydrogen) atoms. The van der Waals surface area contributed by atoms with E-state index in [4.69, 9.17) is 4.74 Å². The summed E-state index contributed by atoms with van der Waals surface area (Å²) in [6, 6.07) is 6.17. The van der Waals surface area contributed by atoms with Crippen molar-refractivity contribution >= 4 is 5.96 Å². The Bertz CT molecular complexity index is 628. The number of benzene rings is 1. The van der Waals surface area contributed by atoms with Crippen molar-refractivity contribution in [3.05, 3.63) is 35.6 Å². The van der Waals surface area contributed by atoms with Gasteiger partial charge >= 0.3 is 6.18 Å². The number of hydrogen-bond donors (Lipinski definition) is 2. The van der Waals surface area contributed by atoms with Gasteiger partial charge in [0.25, 0.3) is 0 Å². The van der Waals surface area contributed by atoms with Crippen molar-refractivity contribution in [1.82, 2.24) is 15.5 Å². The third-order valence-corrected chi connectivity index (χ3v) is 5.16. The highest BCUT2D eigenvalue weighted by Gasteiger charge is 2.32. The zero-order valence-electron chi connectivity index (χ0n) is 16.9. The highest BCUT2D eigenvalue weighted by molar-refractivity contribution is 5.79. The van der Waals surface area contributed by atoms with E-state index in [9.17, 15) is 17.6 Å². The highest BCUT2D eigenvalue weighted by Crippen LogP contribution is 2.24. The van der Waals surface area contributed by atoms with Gasteiger partial charge in [-0.25, -0.2) is 4.39 Å². The quantitative estimate of drug-likeness (QED) is 0.386. The van der Waals surface area contributed by atoms with Crippen molar-refractivity contribution in [2.45, 2.75) is 31.5 Å². The van der Waals surface area contributed by atoms with Crippen LogP contribution < -0.4 is 10.6 Å². The zero-order chi connectivity index (χ0) is 21.3. The van der Waals surface area contributed by atoms with E-state index in [2.05, 4.69) is 15.6 Å². The Labute approximate surface area is 169 Å². The molecule has 0 bridgehead atoms. The molecule has 2 N–H and O–H groups in total. The van der Waals surface area contributed by atoms with Gasteiger partial charge in [0.2, 0.25) is 0 Å². The number of aliphatic imine (C=N–C) groups is 1. The number of halogens is 4. The van der Waals surface area contributed by atoms with Crippen molar-refractivity contribution < 1.29 is 22.3 Å². The van der Waals surface area contributed by atoms with Crippen LogP contribution in [0.15, 0.2) is 29.3 Å². The van der Waals surface area contributed by atoms with Crippen LogP contribution >= 0.6 is 0 Å². The van der Waals surface area contributed by atoms with E-state index in [0.717, 1.165) is 24.8 Å². The molecule has 9 heteroatoms. The normalized spacial score (nSPS) is 17.9. The number of ether oxygens (including phenoxy) is 1. The predicted octanol–water partition coefficient (Wildman–Crippen LogP) is 3.34. The first kappa shape index (κ1) is 23.4. The first-order valence-corrected chi connectivity index (χ1v) is 9.82. The molecule has 2 rings (SSSR count). The average molecular weight is 418 g/mol. The van der Waals surface area contributed by atoms with Gasteiger partial charge in [-0.3, -0.25) is 9.89 Å². The van der Waals surface area contributed by atoms with Gasteiger partial charge in [-0.1, -0.05) is 12.1 Å². The largest absolute Gasteiger partial charge is 0.401 e. The second-order valence-corrected chi connectivity index (χ2v) is 7.28. The maximum absolute atomic E-state index is 13.1. The number of hydrogen-bond acceptors (Lipinski definition) is 3. The van der Waals surface area contributed by atoms with Gasteiger partial charge in [0.15, 0.2) is 5.96 Å². The van der Waals surface area contributed by atoms with Gasteiger partial charge in [-0.05, 0) is 56.0 Å². The molecule has 1 aromatic carbocycles. The minimum Gasteiger partial charge on any atom is -0.375 e. The van der Waals surface area contributed by atoms with Gasteiger partial charge in [-0.2, -0.15) is 13.2 Å². The van der Waals surface area contributed by atoms with Crippen LogP contribution in [0.1, 0.15) is 30.9 Å². The van der Waals surface area contributed by atoms with Crippen LogP contribution in [0.25, 0.3) is 0 Å². The summed E-state index contributed by atoms with van der Waals surface area (Å²) in [4.78, 5) is 5.66. The minimum atomic E-state index is -4.12. The summed E-state index contributed by atoms with van der Waals surface area (Å²) in [6.45, 7) is 1.33. The van der Waals surface area contributed by atoms with Gasteiger partial charge in [0, 0.05) is 27.2 Å². The summed E-state index contributed by atoms with van der Waals surface area (Å²) < 4.78 is 55.9. The van der Waals surface area contributed by atoms with Crippen molar-refractivity contribution in [2.24, 2.45) is 10.9 Å². The Morgan fingerprint density at radius 3 is 2.41 bits per heavy atom. The van der Waals surface area contributed by atoms with Crippen molar-refractivity contribution in [3.8, 4) is 0 Å². The molecule has 0 aliphatic carbocycles. The van der Waals surface area contributed by atoms with Crippen molar-refractivity contribution in [1.29, 1.82) is 0 Å². The van der Waals surface area contributed by atoms with Gasteiger partial charge < -0.3 is 15.4 Å². The molecular formula is C20H30F4N4O. The van der Waals surface area contributed by atoms with E-state index >= 15 is 0 Å². The molecule has 1 aliphatic heterocycles. The lowest BCUT2D eigenvalue weighted by Gasteiger charge is -2.32. The number of methoxy groups -OCH3 is 1. The first-order chi connectivity index (χ1) is 13.8. The number of piperidine rings is 1. The van der Waals surface area contributed by atoms with E-state index in [0.29, 0.717) is 38.1 Å². The Morgan fingerprint density at radius 2 is 1.86 bits per heavy atom. The highest BCUT2D eigenvalue weighted by atomic mass is 19.4. The van der Waals surface area contributed by atoms with E-state index in [-0.39, 0.29) is 11.9 Å². The van der Waals surface area contributed by atoms with Crippen molar-refractivity contribution in [2.75, 3.05) is 46.9 Å². The summed E-state index contributed by atoms with van der Waals surface area (Å²) in [5, 5.41) is 6.43. The Hall–Kier alpha value is -1.87. The monoisotopic (exact) mass is 418 g/mol. The maximum atomic E-state index is 13.1. The van der Waals surface area contributed by atoms with Crippen LogP contribution in [-0.4, -0.2) is 63.9 Å². The van der Waals surface area contributed by atoms with E-state index in [1.54, 1.807) is 26.3 Å². The third kappa shape index (κ3) is 8.57. The Balaban J connectivity index is 1.68. The molecule has 1 heterocycles. The summed E-state index contributed by atoms with van der Waals surface area (Å²) in [7, 11) is 3.27. The Morgan fingerprint density at radius 1 is 1.21 bits per heavy atom. The number of likely N-dealkylation sites (tertiary alicyclic amines) is 1. The summed E-state index contributed by atoms with van der Waals surface area (Å²) >= 11 is 0. The molecule has 164 valence electrons. The third-order valence-electron chi connectivity index (χ3n) is 5.16. The fraction of sp³-hybridized carbons (Fsp3) is 0.650. The molecule has 1 unspecified atom stereocenters. The summed E-state index contributed by atoms with van der Waals surface area (Å²) in [5.41, 5.74) is 0.863. The average Bonchev–Trinajstić information content (AvgIpc) is 2.68. The lowest BCUT2D eigenvalue weighted by molar-refractivity contribution is -0.148. The second-order valence-electron chi connectivity index (χ2n) is 7.28. The van der Waals surface area contributed by atoms with Gasteiger partial charge in [-0.15, -0.1) is 0 Å². The molecule has 0 spiro atoms. The van der Waals surface area contributed by atoms with Crippen LogP contribution in [0, 0.1) is 11.7 Å². The second kappa shape index (κ2) is 11.3. The fourth-order valence-corrected chi connectivity index (χ4v) is 3.51. The first-order valence-electron chi connectivity index (χ1n) is 9.82. The zero-order valence-corrected chi connectivity index (χ0v) is 16.9. The maximum Gasteiger partial charge on any atom is 0.401 e. The number of nitrogens with one attached hydrogen (secondary N) is 2. The van der Waals surface area contributed by atoms with Gasteiger partial charge in [0.1, 0.15) is 5.82 Å². The molecule has 0 radical (unpaired) electrons. The van der Waals surface area contributed by atoms with Gasteiger partial charge in [0.05, 0.1) is 12.6 Å².